The van der Waals surface area contributed by atoms with Crippen molar-refractivity contribution in [3.05, 3.63) is 0 Å². The van der Waals surface area contributed by atoms with Gasteiger partial charge < -0.3 is 5.32 Å². The fraction of sp³-hybridized carbons (Fsp3) is 0.800. The first-order valence-corrected chi connectivity index (χ1v) is 4.52. The minimum atomic E-state index is -0.185. The molecular weight excluding hydrogens is 166 g/mol. The van der Waals surface area contributed by atoms with E-state index >= 15 is 0 Å². The average molecular weight is 185 g/mol. The molecule has 1 N–H and O–H groups in total. The third-order valence-corrected chi connectivity index (χ3v) is 2.09. The van der Waals surface area contributed by atoms with Crippen LogP contribution in [0, 0.1) is 5.41 Å². The van der Waals surface area contributed by atoms with Gasteiger partial charge in [-0.15, -0.1) is 0 Å². The van der Waals surface area contributed by atoms with Gasteiger partial charge in [0.1, 0.15) is 5.78 Å². The maximum Gasteiger partial charge on any atom is 0.227 e. The van der Waals surface area contributed by atoms with Crippen LogP contribution < -0.4 is 5.32 Å². The van der Waals surface area contributed by atoms with E-state index < -0.39 is 0 Å². The molecule has 0 spiro atoms. The molecule has 0 radical (unpaired) electrons. The molecule has 13 heavy (non-hydrogen) atoms. The van der Waals surface area contributed by atoms with Crippen molar-refractivity contribution in [2.24, 2.45) is 5.41 Å². The van der Waals surface area contributed by atoms with Crippen LogP contribution in [0.2, 0.25) is 0 Å². The summed E-state index contributed by atoms with van der Waals surface area (Å²) in [6.45, 7) is 9.50. The number of ketones is 1. The average Bonchev–Trinajstić information content (AvgIpc) is 1.82. The summed E-state index contributed by atoms with van der Waals surface area (Å²) in [7, 11) is 0. The van der Waals surface area contributed by atoms with Gasteiger partial charge in [-0.2, -0.15) is 0 Å². The Hall–Kier alpha value is -0.860. The van der Waals surface area contributed by atoms with Gasteiger partial charge in [-0.05, 0) is 19.3 Å². The molecule has 0 aromatic carbocycles. The number of hydrogen-bond donors (Lipinski definition) is 1. The van der Waals surface area contributed by atoms with Crippen molar-refractivity contribution in [2.45, 2.75) is 47.1 Å². The monoisotopic (exact) mass is 185 g/mol. The summed E-state index contributed by atoms with van der Waals surface area (Å²) < 4.78 is 0. The number of nitrogens with one attached hydrogen (secondary N) is 1. The van der Waals surface area contributed by atoms with Crippen LogP contribution in [0.4, 0.5) is 0 Å². The lowest BCUT2D eigenvalue weighted by atomic mass is 9.88. The molecule has 3 heteroatoms. The maximum absolute atomic E-state index is 11.2. The topological polar surface area (TPSA) is 46.2 Å². The molecule has 0 aliphatic carbocycles. The summed E-state index contributed by atoms with van der Waals surface area (Å²) >= 11 is 0. The first-order chi connectivity index (χ1) is 5.73. The molecule has 0 aliphatic rings. The number of hydrogen-bond acceptors (Lipinski definition) is 2. The van der Waals surface area contributed by atoms with E-state index in [1.807, 2.05) is 27.7 Å². The SMILES string of the molecule is CC(=O)CC(=O)NC(C)C(C)(C)C. The summed E-state index contributed by atoms with van der Waals surface area (Å²) in [6, 6.07) is 0.0827. The maximum atomic E-state index is 11.2. The van der Waals surface area contributed by atoms with Crippen LogP contribution in [0.5, 0.6) is 0 Å². The molecule has 0 heterocycles. The Morgan fingerprint density at radius 3 is 2.08 bits per heavy atom. The number of carbonyl (C=O) groups is 2. The molecular formula is C10H19NO2. The number of amides is 1. The smallest absolute Gasteiger partial charge is 0.227 e. The molecule has 76 valence electrons. The zero-order valence-electron chi connectivity index (χ0n) is 9.10. The van der Waals surface area contributed by atoms with E-state index in [-0.39, 0.29) is 29.6 Å². The van der Waals surface area contributed by atoms with Crippen molar-refractivity contribution in [1.82, 2.24) is 5.32 Å². The second-order valence-corrected chi connectivity index (χ2v) is 4.53. The normalized spacial score (nSPS) is 13.6. The highest BCUT2D eigenvalue weighted by molar-refractivity contribution is 5.96. The minimum Gasteiger partial charge on any atom is -0.353 e. The molecule has 0 fully saturated rings. The van der Waals surface area contributed by atoms with E-state index in [9.17, 15) is 9.59 Å². The van der Waals surface area contributed by atoms with Gasteiger partial charge in [0.2, 0.25) is 5.91 Å². The van der Waals surface area contributed by atoms with Crippen molar-refractivity contribution in [3.8, 4) is 0 Å². The highest BCUT2D eigenvalue weighted by atomic mass is 16.2. The largest absolute Gasteiger partial charge is 0.353 e. The third kappa shape index (κ3) is 5.39. The second kappa shape index (κ2) is 4.40. The van der Waals surface area contributed by atoms with Gasteiger partial charge in [0, 0.05) is 6.04 Å². The van der Waals surface area contributed by atoms with Crippen LogP contribution in [0.1, 0.15) is 41.0 Å². The van der Waals surface area contributed by atoms with Gasteiger partial charge in [-0.1, -0.05) is 20.8 Å². The predicted octanol–water partition coefficient (Wildman–Crippen LogP) is 1.52. The zero-order valence-corrected chi connectivity index (χ0v) is 9.10. The quantitative estimate of drug-likeness (QED) is 0.677. The molecule has 0 bridgehead atoms. The van der Waals surface area contributed by atoms with Gasteiger partial charge in [0.15, 0.2) is 0 Å². The second-order valence-electron chi connectivity index (χ2n) is 4.53. The van der Waals surface area contributed by atoms with Crippen molar-refractivity contribution >= 4 is 11.7 Å². The lowest BCUT2D eigenvalue weighted by Crippen LogP contribution is -2.41. The van der Waals surface area contributed by atoms with Crippen molar-refractivity contribution in [1.29, 1.82) is 0 Å². The Morgan fingerprint density at radius 1 is 1.31 bits per heavy atom. The van der Waals surface area contributed by atoms with E-state index in [0.717, 1.165) is 0 Å². The first kappa shape index (κ1) is 12.1. The molecule has 0 saturated heterocycles. The van der Waals surface area contributed by atoms with E-state index in [1.165, 1.54) is 6.92 Å². The summed E-state index contributed by atoms with van der Waals surface area (Å²) in [5.41, 5.74) is 0.0342. The molecule has 0 rings (SSSR count). The summed E-state index contributed by atoms with van der Waals surface area (Å²) in [6.07, 6.45) is -0.0135. The Morgan fingerprint density at radius 2 is 1.77 bits per heavy atom. The van der Waals surface area contributed by atoms with Crippen LogP contribution in [0.15, 0.2) is 0 Å². The highest BCUT2D eigenvalue weighted by Gasteiger charge is 2.21. The molecule has 1 atom stereocenters. The Bertz CT molecular complexity index is 203. The van der Waals surface area contributed by atoms with E-state index in [4.69, 9.17) is 0 Å². The van der Waals surface area contributed by atoms with Crippen LogP contribution in [0.3, 0.4) is 0 Å². The standard InChI is InChI=1S/C10H19NO2/c1-7(12)6-9(13)11-8(2)10(3,4)5/h8H,6H2,1-5H3,(H,11,13). The summed E-state index contributed by atoms with van der Waals surface area (Å²) in [5.74, 6) is -0.284. The number of carbonyl (C=O) groups excluding carboxylic acids is 2. The van der Waals surface area contributed by atoms with Crippen LogP contribution in [0.25, 0.3) is 0 Å². The lowest BCUT2D eigenvalue weighted by molar-refractivity contribution is -0.128. The fourth-order valence-corrected chi connectivity index (χ4v) is 0.735. The summed E-state index contributed by atoms with van der Waals surface area (Å²) in [5, 5.41) is 2.79. The van der Waals surface area contributed by atoms with Crippen molar-refractivity contribution in [3.63, 3.8) is 0 Å². The first-order valence-electron chi connectivity index (χ1n) is 4.52. The molecule has 0 aromatic rings. The number of Topliss-reactive ketones (excluding diaryl/α,β-unsaturated/α-hetero) is 1. The third-order valence-electron chi connectivity index (χ3n) is 2.09. The summed E-state index contributed by atoms with van der Waals surface area (Å²) in [4.78, 5) is 21.8. The van der Waals surface area contributed by atoms with Gasteiger partial charge in [-0.3, -0.25) is 9.59 Å². The van der Waals surface area contributed by atoms with E-state index in [0.29, 0.717) is 0 Å². The zero-order chi connectivity index (χ0) is 10.6. The van der Waals surface area contributed by atoms with Crippen LogP contribution >= 0.6 is 0 Å². The van der Waals surface area contributed by atoms with E-state index in [1.54, 1.807) is 0 Å². The van der Waals surface area contributed by atoms with Crippen molar-refractivity contribution < 1.29 is 9.59 Å². The molecule has 3 nitrogen and oxygen atoms in total. The minimum absolute atomic E-state index is 0.0135. The molecule has 1 unspecified atom stereocenters. The van der Waals surface area contributed by atoms with Gasteiger partial charge >= 0.3 is 0 Å². The van der Waals surface area contributed by atoms with Gasteiger partial charge in [0.25, 0.3) is 0 Å². The molecule has 0 aromatic heterocycles. The Labute approximate surface area is 79.9 Å². The Kier molecular flexibility index (Phi) is 4.11. The fourth-order valence-electron chi connectivity index (χ4n) is 0.735. The molecule has 1 amide bonds. The van der Waals surface area contributed by atoms with Gasteiger partial charge in [-0.25, -0.2) is 0 Å². The van der Waals surface area contributed by atoms with Crippen LogP contribution in [-0.2, 0) is 9.59 Å². The van der Waals surface area contributed by atoms with Crippen molar-refractivity contribution in [2.75, 3.05) is 0 Å². The molecule has 0 saturated carbocycles. The Balaban J connectivity index is 4.00. The predicted molar refractivity (Wildman–Crippen MR) is 52.4 cm³/mol. The highest BCUT2D eigenvalue weighted by Crippen LogP contribution is 2.18. The number of rotatable bonds is 3. The lowest BCUT2D eigenvalue weighted by Gasteiger charge is -2.27. The van der Waals surface area contributed by atoms with Crippen LogP contribution in [-0.4, -0.2) is 17.7 Å². The van der Waals surface area contributed by atoms with E-state index in [2.05, 4.69) is 5.32 Å². The van der Waals surface area contributed by atoms with Gasteiger partial charge in [0.05, 0.1) is 6.42 Å². The molecule has 0 aliphatic heterocycles.